The number of halogens is 1. The SMILES string of the molecule is Cc1c(C2CC(O)C2)n(-c2ccc(F)cc2)c2cccc(OCc3ccccc3)c12. The maximum Gasteiger partial charge on any atom is 0.129 e. The molecular formula is C26H24FNO2. The summed E-state index contributed by atoms with van der Waals surface area (Å²) in [5.74, 6) is 0.870. The fourth-order valence-corrected chi connectivity index (χ4v) is 4.53. The van der Waals surface area contributed by atoms with Crippen LogP contribution in [0.15, 0.2) is 72.8 Å². The summed E-state index contributed by atoms with van der Waals surface area (Å²) in [7, 11) is 0. The van der Waals surface area contributed by atoms with Crippen LogP contribution in [0.25, 0.3) is 16.6 Å². The van der Waals surface area contributed by atoms with E-state index in [-0.39, 0.29) is 17.8 Å². The van der Waals surface area contributed by atoms with E-state index in [9.17, 15) is 9.50 Å². The fourth-order valence-electron chi connectivity index (χ4n) is 4.53. The minimum absolute atomic E-state index is 0.247. The molecule has 1 heterocycles. The Morgan fingerprint density at radius 2 is 1.70 bits per heavy atom. The highest BCUT2D eigenvalue weighted by atomic mass is 19.1. The maximum atomic E-state index is 13.6. The first kappa shape index (κ1) is 18.9. The Morgan fingerprint density at radius 3 is 2.40 bits per heavy atom. The first-order valence-corrected chi connectivity index (χ1v) is 10.4. The number of aromatic nitrogens is 1. The Balaban J connectivity index is 1.64. The van der Waals surface area contributed by atoms with Crippen molar-refractivity contribution in [2.75, 3.05) is 0 Å². The van der Waals surface area contributed by atoms with E-state index in [1.807, 2.05) is 42.5 Å². The molecule has 5 rings (SSSR count). The van der Waals surface area contributed by atoms with Gasteiger partial charge in [0, 0.05) is 22.7 Å². The molecule has 1 N–H and O–H groups in total. The van der Waals surface area contributed by atoms with E-state index in [1.54, 1.807) is 0 Å². The molecule has 1 fully saturated rings. The summed E-state index contributed by atoms with van der Waals surface area (Å²) in [5.41, 5.74) is 5.42. The summed E-state index contributed by atoms with van der Waals surface area (Å²) >= 11 is 0. The van der Waals surface area contributed by atoms with Gasteiger partial charge in [0.25, 0.3) is 0 Å². The van der Waals surface area contributed by atoms with E-state index in [1.165, 1.54) is 17.8 Å². The number of hydrogen-bond acceptors (Lipinski definition) is 2. The lowest BCUT2D eigenvalue weighted by molar-refractivity contribution is 0.0726. The van der Waals surface area contributed by atoms with E-state index in [2.05, 4.69) is 29.7 Å². The van der Waals surface area contributed by atoms with Crippen molar-refractivity contribution in [2.45, 2.75) is 38.4 Å². The van der Waals surface area contributed by atoms with Crippen molar-refractivity contribution in [3.05, 3.63) is 95.4 Å². The Bertz CT molecular complexity index is 1180. The molecule has 30 heavy (non-hydrogen) atoms. The number of aryl methyl sites for hydroxylation is 1. The molecule has 0 spiro atoms. The van der Waals surface area contributed by atoms with Crippen molar-refractivity contribution >= 4 is 10.9 Å². The van der Waals surface area contributed by atoms with Crippen LogP contribution in [0.4, 0.5) is 4.39 Å². The zero-order valence-electron chi connectivity index (χ0n) is 16.9. The van der Waals surface area contributed by atoms with Gasteiger partial charge >= 0.3 is 0 Å². The van der Waals surface area contributed by atoms with Gasteiger partial charge in [-0.15, -0.1) is 0 Å². The van der Waals surface area contributed by atoms with Gasteiger partial charge in [-0.05, 0) is 67.3 Å². The lowest BCUT2D eigenvalue weighted by Crippen LogP contribution is -2.28. The van der Waals surface area contributed by atoms with Gasteiger partial charge in [-0.1, -0.05) is 36.4 Å². The maximum absolute atomic E-state index is 13.6. The highest BCUT2D eigenvalue weighted by Crippen LogP contribution is 2.45. The highest BCUT2D eigenvalue weighted by Gasteiger charge is 2.34. The minimum atomic E-state index is -0.251. The van der Waals surface area contributed by atoms with Crippen LogP contribution in [-0.4, -0.2) is 15.8 Å². The van der Waals surface area contributed by atoms with Gasteiger partial charge in [-0.2, -0.15) is 0 Å². The Labute approximate surface area is 175 Å². The standard InChI is InChI=1S/C26H24FNO2/c1-17-25-23(8-5-9-24(25)30-16-18-6-3-2-4-7-18)28(21-12-10-20(27)11-13-21)26(17)19-14-22(29)15-19/h2-13,19,22,29H,14-16H2,1H3. The fraction of sp³-hybridized carbons (Fsp3) is 0.231. The van der Waals surface area contributed by atoms with Crippen LogP contribution >= 0.6 is 0 Å². The largest absolute Gasteiger partial charge is 0.488 e. The second-order valence-corrected chi connectivity index (χ2v) is 8.07. The second-order valence-electron chi connectivity index (χ2n) is 8.07. The van der Waals surface area contributed by atoms with Crippen molar-refractivity contribution in [1.29, 1.82) is 0 Å². The molecule has 3 aromatic carbocycles. The van der Waals surface area contributed by atoms with Crippen LogP contribution in [0.3, 0.4) is 0 Å². The van der Waals surface area contributed by atoms with Crippen molar-refractivity contribution in [2.24, 2.45) is 0 Å². The molecular weight excluding hydrogens is 377 g/mol. The molecule has 0 saturated heterocycles. The lowest BCUT2D eigenvalue weighted by Gasteiger charge is -2.33. The van der Waals surface area contributed by atoms with E-state index in [4.69, 9.17) is 4.74 Å². The van der Waals surface area contributed by atoms with E-state index >= 15 is 0 Å². The average Bonchev–Trinajstić information content (AvgIpc) is 3.04. The smallest absolute Gasteiger partial charge is 0.129 e. The number of hydrogen-bond donors (Lipinski definition) is 1. The Kier molecular flexibility index (Phi) is 4.80. The summed E-state index contributed by atoms with van der Waals surface area (Å²) in [6.07, 6.45) is 1.25. The van der Waals surface area contributed by atoms with Gasteiger partial charge in [0.2, 0.25) is 0 Å². The normalized spacial score (nSPS) is 18.4. The molecule has 0 bridgehead atoms. The van der Waals surface area contributed by atoms with Crippen LogP contribution in [0.2, 0.25) is 0 Å². The van der Waals surface area contributed by atoms with Gasteiger partial charge < -0.3 is 14.4 Å². The van der Waals surface area contributed by atoms with Gasteiger partial charge in [-0.3, -0.25) is 0 Å². The number of rotatable bonds is 5. The number of ether oxygens (including phenoxy) is 1. The van der Waals surface area contributed by atoms with Crippen LogP contribution in [0.5, 0.6) is 5.75 Å². The lowest BCUT2D eigenvalue weighted by atomic mass is 9.79. The number of aliphatic hydroxyl groups excluding tert-OH is 1. The summed E-state index contributed by atoms with van der Waals surface area (Å²) in [4.78, 5) is 0. The molecule has 4 heteroatoms. The van der Waals surface area contributed by atoms with E-state index in [0.29, 0.717) is 6.61 Å². The Morgan fingerprint density at radius 1 is 0.967 bits per heavy atom. The monoisotopic (exact) mass is 401 g/mol. The summed E-state index contributed by atoms with van der Waals surface area (Å²) in [5, 5.41) is 11.0. The van der Waals surface area contributed by atoms with Gasteiger partial charge in [0.15, 0.2) is 0 Å². The molecule has 3 nitrogen and oxygen atoms in total. The van der Waals surface area contributed by atoms with Gasteiger partial charge in [0.05, 0.1) is 11.6 Å². The highest BCUT2D eigenvalue weighted by molar-refractivity contribution is 5.92. The van der Waals surface area contributed by atoms with Gasteiger partial charge in [0.1, 0.15) is 18.2 Å². The Hall–Kier alpha value is -3.11. The number of nitrogens with zero attached hydrogens (tertiary/aromatic N) is 1. The molecule has 1 aromatic heterocycles. The molecule has 0 radical (unpaired) electrons. The summed E-state index contributed by atoms with van der Waals surface area (Å²) < 4.78 is 22.0. The molecule has 1 saturated carbocycles. The van der Waals surface area contributed by atoms with Gasteiger partial charge in [-0.25, -0.2) is 4.39 Å². The molecule has 0 unspecified atom stereocenters. The number of benzene rings is 3. The topological polar surface area (TPSA) is 34.4 Å². The minimum Gasteiger partial charge on any atom is -0.488 e. The molecule has 1 aliphatic carbocycles. The molecule has 152 valence electrons. The van der Waals surface area contributed by atoms with Crippen LogP contribution in [0.1, 0.15) is 35.6 Å². The first-order chi connectivity index (χ1) is 14.6. The average molecular weight is 401 g/mol. The number of aliphatic hydroxyl groups is 1. The van der Waals surface area contributed by atoms with Crippen LogP contribution < -0.4 is 4.74 Å². The zero-order chi connectivity index (χ0) is 20.7. The van der Waals surface area contributed by atoms with E-state index in [0.717, 1.165) is 46.3 Å². The third-order valence-corrected chi connectivity index (χ3v) is 6.07. The zero-order valence-corrected chi connectivity index (χ0v) is 16.9. The first-order valence-electron chi connectivity index (χ1n) is 10.4. The van der Waals surface area contributed by atoms with Crippen molar-refractivity contribution in [3.8, 4) is 11.4 Å². The molecule has 0 atom stereocenters. The quantitative estimate of drug-likeness (QED) is 0.452. The molecule has 4 aromatic rings. The van der Waals surface area contributed by atoms with Crippen molar-refractivity contribution in [1.82, 2.24) is 4.57 Å². The van der Waals surface area contributed by atoms with Crippen molar-refractivity contribution in [3.63, 3.8) is 0 Å². The molecule has 0 amide bonds. The predicted octanol–water partition coefficient (Wildman–Crippen LogP) is 5.90. The third-order valence-electron chi connectivity index (χ3n) is 6.07. The summed E-state index contributed by atoms with van der Waals surface area (Å²) in [6, 6.07) is 22.8. The van der Waals surface area contributed by atoms with Crippen LogP contribution in [-0.2, 0) is 6.61 Å². The molecule has 1 aliphatic rings. The third kappa shape index (κ3) is 3.27. The molecule has 0 aliphatic heterocycles. The summed E-state index contributed by atoms with van der Waals surface area (Å²) in [6.45, 7) is 2.62. The number of fused-ring (bicyclic) bond motifs is 1. The predicted molar refractivity (Wildman–Crippen MR) is 117 cm³/mol. The van der Waals surface area contributed by atoms with Crippen LogP contribution in [0, 0.1) is 12.7 Å². The van der Waals surface area contributed by atoms with Crippen molar-refractivity contribution < 1.29 is 14.2 Å². The van der Waals surface area contributed by atoms with E-state index < -0.39 is 0 Å². The second kappa shape index (κ2) is 7.62.